The van der Waals surface area contributed by atoms with Crippen LogP contribution in [0, 0.1) is 0 Å². The highest BCUT2D eigenvalue weighted by molar-refractivity contribution is 6.29. The summed E-state index contributed by atoms with van der Waals surface area (Å²) in [5, 5.41) is 5.53. The normalized spacial score (nSPS) is 10.5. The first kappa shape index (κ1) is 15.1. The average molecular weight is 329 g/mol. The minimum absolute atomic E-state index is 0.116. The molecule has 7 heteroatoms. The molecule has 23 heavy (non-hydrogen) atoms. The molecule has 1 heterocycles. The first-order valence-corrected chi connectivity index (χ1v) is 7.28. The van der Waals surface area contributed by atoms with Gasteiger partial charge in [0.2, 0.25) is 11.2 Å². The van der Waals surface area contributed by atoms with Crippen LogP contribution in [0.5, 0.6) is 0 Å². The van der Waals surface area contributed by atoms with Crippen LogP contribution in [-0.2, 0) is 4.79 Å². The van der Waals surface area contributed by atoms with Crippen molar-refractivity contribution in [2.45, 2.75) is 0 Å². The zero-order chi connectivity index (χ0) is 16.2. The molecule has 3 N–H and O–H groups in total. The van der Waals surface area contributed by atoms with Gasteiger partial charge in [0.1, 0.15) is 0 Å². The number of benzene rings is 2. The van der Waals surface area contributed by atoms with Gasteiger partial charge in [-0.2, -0.15) is 0 Å². The predicted octanol–water partition coefficient (Wildman–Crippen LogP) is 2.58. The first-order valence-electron chi connectivity index (χ1n) is 6.90. The Kier molecular flexibility index (Phi) is 4.25. The van der Waals surface area contributed by atoms with Gasteiger partial charge in [0.25, 0.3) is 5.91 Å². The van der Waals surface area contributed by atoms with Crippen LogP contribution in [0.15, 0.2) is 48.5 Å². The fourth-order valence-corrected chi connectivity index (χ4v) is 2.30. The van der Waals surface area contributed by atoms with E-state index < -0.39 is 0 Å². The van der Waals surface area contributed by atoms with E-state index in [1.807, 2.05) is 18.2 Å². The number of fused-ring (bicyclic) bond motifs is 1. The topological polar surface area (TPSA) is 86.9 Å². The van der Waals surface area contributed by atoms with E-state index in [-0.39, 0.29) is 23.6 Å². The van der Waals surface area contributed by atoms with Crippen molar-refractivity contribution >= 4 is 40.1 Å². The Hall–Kier alpha value is -2.86. The zero-order valence-electron chi connectivity index (χ0n) is 12.0. The maximum absolute atomic E-state index is 12.1. The number of amides is 2. The molecular weight excluding hydrogens is 316 g/mol. The van der Waals surface area contributed by atoms with Crippen molar-refractivity contribution in [1.82, 2.24) is 15.3 Å². The van der Waals surface area contributed by atoms with Gasteiger partial charge in [0.05, 0.1) is 17.6 Å². The SMILES string of the molecule is O=C(CNC(=O)c1ccc2nc(Cl)[nH]c2c1)Nc1ccccc1. The average Bonchev–Trinajstić information content (AvgIpc) is 2.92. The van der Waals surface area contributed by atoms with Gasteiger partial charge in [0.15, 0.2) is 0 Å². The first-order chi connectivity index (χ1) is 11.1. The van der Waals surface area contributed by atoms with Gasteiger partial charge >= 0.3 is 0 Å². The van der Waals surface area contributed by atoms with Crippen LogP contribution in [0.2, 0.25) is 5.28 Å². The molecule has 0 aliphatic rings. The minimum atomic E-state index is -0.346. The van der Waals surface area contributed by atoms with E-state index in [1.165, 1.54) is 0 Å². The summed E-state index contributed by atoms with van der Waals surface area (Å²) in [5.74, 6) is -0.643. The Balaban J connectivity index is 1.60. The Bertz CT molecular complexity index is 861. The van der Waals surface area contributed by atoms with Gasteiger partial charge in [-0.25, -0.2) is 4.98 Å². The van der Waals surface area contributed by atoms with Crippen molar-refractivity contribution in [2.75, 3.05) is 11.9 Å². The lowest BCUT2D eigenvalue weighted by atomic mass is 10.2. The number of H-pyrrole nitrogens is 1. The number of imidazole rings is 1. The molecule has 0 fully saturated rings. The van der Waals surface area contributed by atoms with Crippen molar-refractivity contribution in [3.63, 3.8) is 0 Å². The van der Waals surface area contributed by atoms with Crippen LogP contribution < -0.4 is 10.6 Å². The maximum Gasteiger partial charge on any atom is 0.251 e. The van der Waals surface area contributed by atoms with E-state index in [0.29, 0.717) is 22.3 Å². The number of carbonyl (C=O) groups excluding carboxylic acids is 2. The van der Waals surface area contributed by atoms with Crippen LogP contribution in [0.1, 0.15) is 10.4 Å². The molecule has 0 bridgehead atoms. The summed E-state index contributed by atoms with van der Waals surface area (Å²) in [7, 11) is 0. The largest absolute Gasteiger partial charge is 0.343 e. The third-order valence-electron chi connectivity index (χ3n) is 3.18. The van der Waals surface area contributed by atoms with Crippen molar-refractivity contribution in [2.24, 2.45) is 0 Å². The Labute approximate surface area is 136 Å². The highest BCUT2D eigenvalue weighted by atomic mass is 35.5. The smallest absolute Gasteiger partial charge is 0.251 e. The lowest BCUT2D eigenvalue weighted by Crippen LogP contribution is -2.32. The highest BCUT2D eigenvalue weighted by Gasteiger charge is 2.10. The third-order valence-corrected chi connectivity index (χ3v) is 3.36. The summed E-state index contributed by atoms with van der Waals surface area (Å²) in [4.78, 5) is 30.8. The van der Waals surface area contributed by atoms with E-state index in [9.17, 15) is 9.59 Å². The molecule has 0 saturated carbocycles. The Morgan fingerprint density at radius 1 is 1.13 bits per heavy atom. The molecule has 0 spiro atoms. The number of carbonyl (C=O) groups is 2. The summed E-state index contributed by atoms with van der Waals surface area (Å²) >= 11 is 5.77. The van der Waals surface area contributed by atoms with Gasteiger partial charge in [-0.3, -0.25) is 9.59 Å². The summed E-state index contributed by atoms with van der Waals surface area (Å²) < 4.78 is 0. The number of hydrogen-bond donors (Lipinski definition) is 3. The second-order valence-corrected chi connectivity index (χ2v) is 5.21. The number of aromatic amines is 1. The van der Waals surface area contributed by atoms with Gasteiger partial charge in [-0.15, -0.1) is 0 Å². The molecule has 0 atom stereocenters. The summed E-state index contributed by atoms with van der Waals surface area (Å²) in [5.41, 5.74) is 2.44. The van der Waals surface area contributed by atoms with E-state index in [0.717, 1.165) is 0 Å². The number of para-hydroxylation sites is 1. The molecule has 2 amide bonds. The lowest BCUT2D eigenvalue weighted by molar-refractivity contribution is -0.115. The molecule has 3 rings (SSSR count). The van der Waals surface area contributed by atoms with E-state index in [1.54, 1.807) is 30.3 Å². The van der Waals surface area contributed by atoms with Crippen LogP contribution in [0.4, 0.5) is 5.69 Å². The minimum Gasteiger partial charge on any atom is -0.343 e. The van der Waals surface area contributed by atoms with E-state index >= 15 is 0 Å². The summed E-state index contributed by atoms with van der Waals surface area (Å²) in [6.45, 7) is -0.116. The predicted molar refractivity (Wildman–Crippen MR) is 88.5 cm³/mol. The van der Waals surface area contributed by atoms with Gasteiger partial charge < -0.3 is 15.6 Å². The number of anilines is 1. The molecular formula is C16H13ClN4O2. The van der Waals surface area contributed by atoms with Crippen molar-refractivity contribution in [3.8, 4) is 0 Å². The number of aromatic nitrogens is 2. The number of hydrogen-bond acceptors (Lipinski definition) is 3. The van der Waals surface area contributed by atoms with Gasteiger partial charge in [-0.05, 0) is 41.9 Å². The molecule has 2 aromatic carbocycles. The summed E-state index contributed by atoms with van der Waals surface area (Å²) in [6.07, 6.45) is 0. The van der Waals surface area contributed by atoms with Gasteiger partial charge in [-0.1, -0.05) is 18.2 Å². The standard InChI is InChI=1S/C16H13ClN4O2/c17-16-20-12-7-6-10(8-13(12)21-16)15(23)18-9-14(22)19-11-4-2-1-3-5-11/h1-8H,9H2,(H,18,23)(H,19,22)(H,20,21). The second kappa shape index (κ2) is 6.50. The molecule has 116 valence electrons. The molecule has 1 aromatic heterocycles. The number of nitrogens with one attached hydrogen (secondary N) is 3. The molecule has 0 unspecified atom stereocenters. The third kappa shape index (κ3) is 3.67. The summed E-state index contributed by atoms with van der Waals surface area (Å²) in [6, 6.07) is 14.0. The lowest BCUT2D eigenvalue weighted by Gasteiger charge is -2.07. The molecule has 0 aliphatic heterocycles. The second-order valence-electron chi connectivity index (χ2n) is 4.86. The Morgan fingerprint density at radius 3 is 2.70 bits per heavy atom. The molecule has 0 radical (unpaired) electrons. The van der Waals surface area contributed by atoms with Crippen LogP contribution in [0.3, 0.4) is 0 Å². The van der Waals surface area contributed by atoms with Crippen molar-refractivity contribution < 1.29 is 9.59 Å². The maximum atomic E-state index is 12.1. The fraction of sp³-hybridized carbons (Fsp3) is 0.0625. The van der Waals surface area contributed by atoms with Gasteiger partial charge in [0, 0.05) is 11.3 Å². The van der Waals surface area contributed by atoms with Crippen LogP contribution >= 0.6 is 11.6 Å². The monoisotopic (exact) mass is 328 g/mol. The number of halogens is 1. The molecule has 0 saturated heterocycles. The number of rotatable bonds is 4. The van der Waals surface area contributed by atoms with Crippen LogP contribution in [0.25, 0.3) is 11.0 Å². The fourth-order valence-electron chi connectivity index (χ4n) is 2.11. The van der Waals surface area contributed by atoms with E-state index in [4.69, 9.17) is 11.6 Å². The highest BCUT2D eigenvalue weighted by Crippen LogP contribution is 2.16. The molecule has 0 aliphatic carbocycles. The van der Waals surface area contributed by atoms with Crippen molar-refractivity contribution in [3.05, 3.63) is 59.4 Å². The molecule has 6 nitrogen and oxygen atoms in total. The van der Waals surface area contributed by atoms with Crippen LogP contribution in [-0.4, -0.2) is 28.3 Å². The van der Waals surface area contributed by atoms with E-state index in [2.05, 4.69) is 20.6 Å². The number of nitrogens with zero attached hydrogens (tertiary/aromatic N) is 1. The molecule has 3 aromatic rings. The van der Waals surface area contributed by atoms with Crippen molar-refractivity contribution in [1.29, 1.82) is 0 Å². The quantitative estimate of drug-likeness (QED) is 0.688. The zero-order valence-corrected chi connectivity index (χ0v) is 12.7. The Morgan fingerprint density at radius 2 is 1.91 bits per heavy atom.